The Hall–Kier alpha value is -2.68. The third-order valence-electron chi connectivity index (χ3n) is 2.48. The summed E-state index contributed by atoms with van der Waals surface area (Å²) >= 11 is 1.10. The van der Waals surface area contributed by atoms with Gasteiger partial charge in [0.25, 0.3) is 5.56 Å². The second-order valence-electron chi connectivity index (χ2n) is 4.11. The molecule has 3 N–H and O–H groups in total. The number of nitrogens with one attached hydrogen (secondary N) is 1. The van der Waals surface area contributed by atoms with Crippen molar-refractivity contribution in [3.63, 3.8) is 0 Å². The fourth-order valence-electron chi connectivity index (χ4n) is 1.58. The van der Waals surface area contributed by atoms with Gasteiger partial charge in [-0.1, -0.05) is 17.8 Å². The first kappa shape index (κ1) is 15.7. The van der Waals surface area contributed by atoms with Crippen molar-refractivity contribution < 1.29 is 4.79 Å². The van der Waals surface area contributed by atoms with E-state index in [0.29, 0.717) is 11.7 Å². The number of anilines is 2. The highest BCUT2D eigenvalue weighted by Crippen LogP contribution is 2.17. The first-order valence-corrected chi connectivity index (χ1v) is 7.26. The van der Waals surface area contributed by atoms with Crippen molar-refractivity contribution in [2.75, 3.05) is 16.8 Å². The number of rotatable bonds is 6. The van der Waals surface area contributed by atoms with Crippen molar-refractivity contribution in [3.05, 3.63) is 47.5 Å². The molecule has 0 atom stereocenters. The molecule has 0 fully saturated rings. The van der Waals surface area contributed by atoms with Crippen molar-refractivity contribution in [2.45, 2.75) is 11.7 Å². The van der Waals surface area contributed by atoms with Crippen LogP contribution in [0.15, 0.2) is 47.1 Å². The van der Waals surface area contributed by atoms with E-state index in [1.807, 2.05) is 0 Å². The smallest absolute Gasteiger partial charge is 0.275 e. The van der Waals surface area contributed by atoms with Gasteiger partial charge < -0.3 is 10.3 Å². The fourth-order valence-corrected chi connectivity index (χ4v) is 2.40. The van der Waals surface area contributed by atoms with E-state index in [-0.39, 0.29) is 23.4 Å². The highest BCUT2D eigenvalue weighted by atomic mass is 32.2. The molecular weight excluding hydrogens is 304 g/mol. The molecule has 9 heteroatoms. The molecule has 0 saturated heterocycles. The molecule has 114 valence electrons. The third-order valence-corrected chi connectivity index (χ3v) is 3.46. The molecule has 2 aromatic heterocycles. The van der Waals surface area contributed by atoms with Crippen LogP contribution in [0.1, 0.15) is 0 Å². The molecule has 1 amide bonds. The fraction of sp³-hybridized carbons (Fsp3) is 0.154. The Bertz CT molecular complexity index is 731. The minimum Gasteiger partial charge on any atom is -0.385 e. The maximum Gasteiger partial charge on any atom is 0.275 e. The molecule has 2 heterocycles. The lowest BCUT2D eigenvalue weighted by molar-refractivity contribution is -0.113. The number of allylic oxidation sites excluding steroid dienone is 1. The lowest BCUT2D eigenvalue weighted by Crippen LogP contribution is -2.20. The molecule has 0 saturated carbocycles. The largest absolute Gasteiger partial charge is 0.385 e. The summed E-state index contributed by atoms with van der Waals surface area (Å²) in [5, 5.41) is 2.90. The Kier molecular flexibility index (Phi) is 5.26. The highest BCUT2D eigenvalue weighted by Gasteiger charge is 2.11. The monoisotopic (exact) mass is 318 g/mol. The first-order valence-electron chi connectivity index (χ1n) is 6.28. The Morgan fingerprint density at radius 2 is 2.18 bits per heavy atom. The summed E-state index contributed by atoms with van der Waals surface area (Å²) in [5.74, 6) is 0.231. The molecule has 0 aliphatic heterocycles. The third kappa shape index (κ3) is 4.16. The number of amides is 1. The SMILES string of the molecule is C=CCn1c(N)cc(=O)nc1SCC(=O)Nc1ncccn1. The molecule has 2 rings (SSSR count). The predicted molar refractivity (Wildman–Crippen MR) is 84.5 cm³/mol. The van der Waals surface area contributed by atoms with E-state index in [9.17, 15) is 9.59 Å². The van der Waals surface area contributed by atoms with E-state index in [2.05, 4.69) is 26.8 Å². The van der Waals surface area contributed by atoms with E-state index in [1.165, 1.54) is 18.5 Å². The van der Waals surface area contributed by atoms with Crippen LogP contribution in [0.5, 0.6) is 0 Å². The van der Waals surface area contributed by atoms with E-state index in [0.717, 1.165) is 11.8 Å². The summed E-state index contributed by atoms with van der Waals surface area (Å²) in [6.45, 7) is 4.02. The zero-order chi connectivity index (χ0) is 15.9. The number of hydrogen-bond donors (Lipinski definition) is 2. The molecule has 0 radical (unpaired) electrons. The van der Waals surface area contributed by atoms with Crippen molar-refractivity contribution in [2.24, 2.45) is 0 Å². The number of hydrogen-bond acceptors (Lipinski definition) is 7. The van der Waals surface area contributed by atoms with Crippen LogP contribution < -0.4 is 16.6 Å². The van der Waals surface area contributed by atoms with Crippen LogP contribution in [0, 0.1) is 0 Å². The molecule has 0 aliphatic rings. The summed E-state index contributed by atoms with van der Waals surface area (Å²) in [7, 11) is 0. The zero-order valence-electron chi connectivity index (χ0n) is 11.6. The van der Waals surface area contributed by atoms with Crippen LogP contribution in [-0.4, -0.2) is 31.2 Å². The predicted octanol–water partition coefficient (Wildman–Crippen LogP) is 0.532. The standard InChI is InChI=1S/C13H14N6O2S/c1-2-6-19-9(14)7-10(20)18-13(19)22-8-11(21)17-12-15-4-3-5-16-12/h2-5,7H,1,6,8,14H2,(H,15,16,17,21). The number of carbonyl (C=O) groups is 1. The van der Waals surface area contributed by atoms with Crippen LogP contribution in [0.4, 0.5) is 11.8 Å². The second kappa shape index (κ2) is 7.36. The Labute approximate surface area is 130 Å². The summed E-state index contributed by atoms with van der Waals surface area (Å²) in [6, 6.07) is 2.88. The van der Waals surface area contributed by atoms with E-state index in [4.69, 9.17) is 5.73 Å². The lowest BCUT2D eigenvalue weighted by Gasteiger charge is -2.12. The lowest BCUT2D eigenvalue weighted by atomic mass is 10.5. The quantitative estimate of drug-likeness (QED) is 0.453. The summed E-state index contributed by atoms with van der Waals surface area (Å²) in [4.78, 5) is 34.9. The van der Waals surface area contributed by atoms with Crippen molar-refractivity contribution >= 4 is 29.4 Å². The van der Waals surface area contributed by atoms with Gasteiger partial charge in [-0.15, -0.1) is 6.58 Å². The number of thioether (sulfide) groups is 1. The number of nitrogens with zero attached hydrogens (tertiary/aromatic N) is 4. The summed E-state index contributed by atoms with van der Waals surface area (Å²) < 4.78 is 1.60. The van der Waals surface area contributed by atoms with Crippen LogP contribution in [0.3, 0.4) is 0 Å². The molecule has 8 nitrogen and oxygen atoms in total. The van der Waals surface area contributed by atoms with Gasteiger partial charge in [-0.25, -0.2) is 9.97 Å². The average Bonchev–Trinajstić information content (AvgIpc) is 2.49. The molecule has 0 spiro atoms. The maximum atomic E-state index is 11.8. The van der Waals surface area contributed by atoms with E-state index >= 15 is 0 Å². The van der Waals surface area contributed by atoms with Crippen molar-refractivity contribution in [1.82, 2.24) is 19.5 Å². The molecule has 0 aromatic carbocycles. The molecular formula is C13H14N6O2S. The number of nitrogen functional groups attached to an aromatic ring is 1. The number of aromatic nitrogens is 4. The molecule has 0 bridgehead atoms. The maximum absolute atomic E-state index is 11.8. The minimum atomic E-state index is -0.452. The van der Waals surface area contributed by atoms with Crippen molar-refractivity contribution in [3.8, 4) is 0 Å². The average molecular weight is 318 g/mol. The normalized spacial score (nSPS) is 10.2. The van der Waals surface area contributed by atoms with Gasteiger partial charge in [0.2, 0.25) is 11.9 Å². The zero-order valence-corrected chi connectivity index (χ0v) is 12.4. The summed E-state index contributed by atoms with van der Waals surface area (Å²) in [5.41, 5.74) is 5.33. The first-order chi connectivity index (χ1) is 10.6. The van der Waals surface area contributed by atoms with Gasteiger partial charge in [-0.2, -0.15) is 4.98 Å². The molecule has 0 aliphatic carbocycles. The Morgan fingerprint density at radius 1 is 1.45 bits per heavy atom. The second-order valence-corrected chi connectivity index (χ2v) is 5.05. The van der Waals surface area contributed by atoms with Gasteiger partial charge in [0.1, 0.15) is 5.82 Å². The molecule has 22 heavy (non-hydrogen) atoms. The van der Waals surface area contributed by atoms with Gasteiger partial charge in [0, 0.05) is 25.0 Å². The van der Waals surface area contributed by atoms with Gasteiger partial charge in [0.15, 0.2) is 5.16 Å². The van der Waals surface area contributed by atoms with Gasteiger partial charge >= 0.3 is 0 Å². The topological polar surface area (TPSA) is 116 Å². The number of nitrogens with two attached hydrogens (primary N) is 1. The van der Waals surface area contributed by atoms with Gasteiger partial charge in [-0.3, -0.25) is 14.9 Å². The molecule has 0 unspecified atom stereocenters. The molecule has 2 aromatic rings. The van der Waals surface area contributed by atoms with Crippen LogP contribution in [0.25, 0.3) is 0 Å². The Balaban J connectivity index is 2.06. The van der Waals surface area contributed by atoms with Gasteiger partial charge in [0.05, 0.1) is 5.75 Å². The minimum absolute atomic E-state index is 0.0469. The van der Waals surface area contributed by atoms with E-state index < -0.39 is 5.56 Å². The van der Waals surface area contributed by atoms with Crippen LogP contribution in [0.2, 0.25) is 0 Å². The van der Waals surface area contributed by atoms with Crippen LogP contribution >= 0.6 is 11.8 Å². The van der Waals surface area contributed by atoms with Crippen molar-refractivity contribution in [1.29, 1.82) is 0 Å². The number of carbonyl (C=O) groups excluding carboxylic acids is 1. The van der Waals surface area contributed by atoms with Crippen LogP contribution in [-0.2, 0) is 11.3 Å². The Morgan fingerprint density at radius 3 is 2.86 bits per heavy atom. The highest BCUT2D eigenvalue weighted by molar-refractivity contribution is 7.99. The van der Waals surface area contributed by atoms with E-state index in [1.54, 1.807) is 16.7 Å². The summed E-state index contributed by atoms with van der Waals surface area (Å²) in [6.07, 6.45) is 4.68. The van der Waals surface area contributed by atoms with Gasteiger partial charge in [-0.05, 0) is 6.07 Å².